The largest absolute Gasteiger partial charge is 0.505 e. The van der Waals surface area contributed by atoms with E-state index in [1.807, 2.05) is 0 Å². The average molecular weight is 187 g/mol. The highest BCUT2D eigenvalue weighted by atomic mass is 19.1. The van der Waals surface area contributed by atoms with E-state index in [1.165, 1.54) is 19.2 Å². The maximum Gasteiger partial charge on any atom is 0.173 e. The Morgan fingerprint density at radius 1 is 1.54 bits per heavy atom. The van der Waals surface area contributed by atoms with Gasteiger partial charge >= 0.3 is 0 Å². The van der Waals surface area contributed by atoms with E-state index in [4.69, 9.17) is 15.1 Å². The lowest BCUT2D eigenvalue weighted by molar-refractivity contribution is 0.158. The number of phenols is 1. The summed E-state index contributed by atoms with van der Waals surface area (Å²) in [4.78, 5) is 0. The minimum atomic E-state index is -0.791. The molecule has 0 amide bonds. The fraction of sp³-hybridized carbons (Fsp3) is 0.250. The first-order valence-electron chi connectivity index (χ1n) is 3.62. The fourth-order valence-corrected chi connectivity index (χ4v) is 1.03. The third-order valence-corrected chi connectivity index (χ3v) is 1.66. The van der Waals surface area contributed by atoms with E-state index in [0.29, 0.717) is 0 Å². The van der Waals surface area contributed by atoms with Crippen LogP contribution in [0, 0.1) is 5.82 Å². The molecule has 13 heavy (non-hydrogen) atoms. The molecule has 1 aromatic carbocycles. The van der Waals surface area contributed by atoms with E-state index in [0.717, 1.165) is 0 Å². The molecule has 3 N–H and O–H groups in total. The summed E-state index contributed by atoms with van der Waals surface area (Å²) in [5.74, 6) is -0.983. The SMILES string of the molecule is COc1ccc(O)c(F)c1CNO. The van der Waals surface area contributed by atoms with Gasteiger partial charge in [0.25, 0.3) is 0 Å². The Bertz CT molecular complexity index is 304. The quantitative estimate of drug-likeness (QED) is 0.618. The van der Waals surface area contributed by atoms with Crippen LogP contribution in [0.3, 0.4) is 0 Å². The van der Waals surface area contributed by atoms with Gasteiger partial charge in [0.05, 0.1) is 13.7 Å². The number of hydrogen-bond donors (Lipinski definition) is 3. The molecule has 72 valence electrons. The van der Waals surface area contributed by atoms with Gasteiger partial charge in [-0.1, -0.05) is 0 Å². The Morgan fingerprint density at radius 2 is 2.23 bits per heavy atom. The monoisotopic (exact) mass is 187 g/mol. The predicted octanol–water partition coefficient (Wildman–Crippen LogP) is 1.02. The van der Waals surface area contributed by atoms with Crippen molar-refractivity contribution in [3.05, 3.63) is 23.5 Å². The second-order valence-corrected chi connectivity index (χ2v) is 2.41. The van der Waals surface area contributed by atoms with Gasteiger partial charge < -0.3 is 15.1 Å². The van der Waals surface area contributed by atoms with Crippen LogP contribution in [0.4, 0.5) is 4.39 Å². The summed E-state index contributed by atoms with van der Waals surface area (Å²) in [6, 6.07) is 2.61. The van der Waals surface area contributed by atoms with Gasteiger partial charge in [-0.2, -0.15) is 0 Å². The summed E-state index contributed by atoms with van der Waals surface area (Å²) in [6.07, 6.45) is 0. The summed E-state index contributed by atoms with van der Waals surface area (Å²) in [5, 5.41) is 17.4. The molecule has 0 atom stereocenters. The maximum absolute atomic E-state index is 13.2. The molecule has 0 aliphatic carbocycles. The second kappa shape index (κ2) is 4.06. The van der Waals surface area contributed by atoms with Crippen molar-refractivity contribution in [1.29, 1.82) is 0 Å². The summed E-state index contributed by atoms with van der Waals surface area (Å²) >= 11 is 0. The first-order chi connectivity index (χ1) is 6.20. The molecule has 0 saturated heterocycles. The Kier molecular flexibility index (Phi) is 3.05. The average Bonchev–Trinajstić information content (AvgIpc) is 2.14. The van der Waals surface area contributed by atoms with Crippen molar-refractivity contribution in [3.8, 4) is 11.5 Å². The van der Waals surface area contributed by atoms with Crippen LogP contribution in [0.15, 0.2) is 12.1 Å². The van der Waals surface area contributed by atoms with E-state index in [-0.39, 0.29) is 17.9 Å². The number of aromatic hydroxyl groups is 1. The number of methoxy groups -OCH3 is 1. The van der Waals surface area contributed by atoms with Crippen LogP contribution in [0.1, 0.15) is 5.56 Å². The molecular weight excluding hydrogens is 177 g/mol. The van der Waals surface area contributed by atoms with Gasteiger partial charge in [0.15, 0.2) is 11.6 Å². The zero-order valence-corrected chi connectivity index (χ0v) is 7.04. The minimum Gasteiger partial charge on any atom is -0.505 e. The van der Waals surface area contributed by atoms with E-state index >= 15 is 0 Å². The number of ether oxygens (including phenoxy) is 1. The third kappa shape index (κ3) is 1.88. The molecule has 0 radical (unpaired) electrons. The third-order valence-electron chi connectivity index (χ3n) is 1.66. The molecule has 0 spiro atoms. The van der Waals surface area contributed by atoms with Gasteiger partial charge in [-0.05, 0) is 12.1 Å². The highest BCUT2D eigenvalue weighted by Gasteiger charge is 2.12. The molecule has 0 saturated carbocycles. The molecule has 0 unspecified atom stereocenters. The van der Waals surface area contributed by atoms with Crippen LogP contribution in [0.2, 0.25) is 0 Å². The van der Waals surface area contributed by atoms with Crippen molar-refractivity contribution >= 4 is 0 Å². The molecule has 0 aromatic heterocycles. The van der Waals surface area contributed by atoms with Crippen molar-refractivity contribution in [1.82, 2.24) is 5.48 Å². The number of benzene rings is 1. The number of rotatable bonds is 3. The first kappa shape index (κ1) is 9.76. The fourth-order valence-electron chi connectivity index (χ4n) is 1.03. The smallest absolute Gasteiger partial charge is 0.173 e. The van der Waals surface area contributed by atoms with Gasteiger partial charge in [0, 0.05) is 5.56 Å². The number of phenolic OH excluding ortho intramolecular Hbond substituents is 1. The standard InChI is InChI=1S/C8H10FNO3/c1-13-7-3-2-6(11)8(9)5(7)4-10-12/h2-3,10-12H,4H2,1H3. The van der Waals surface area contributed by atoms with Crippen LogP contribution in [0.5, 0.6) is 11.5 Å². The lowest BCUT2D eigenvalue weighted by Crippen LogP contribution is -2.09. The van der Waals surface area contributed by atoms with Crippen LogP contribution < -0.4 is 10.2 Å². The first-order valence-corrected chi connectivity index (χ1v) is 3.62. The molecule has 4 nitrogen and oxygen atoms in total. The van der Waals surface area contributed by atoms with Crippen molar-refractivity contribution < 1.29 is 19.4 Å². The van der Waals surface area contributed by atoms with E-state index in [9.17, 15) is 4.39 Å². The van der Waals surface area contributed by atoms with Crippen molar-refractivity contribution in [3.63, 3.8) is 0 Å². The molecule has 5 heteroatoms. The topological polar surface area (TPSA) is 61.7 Å². The van der Waals surface area contributed by atoms with Gasteiger partial charge in [-0.15, -0.1) is 0 Å². The van der Waals surface area contributed by atoms with Crippen LogP contribution >= 0.6 is 0 Å². The van der Waals surface area contributed by atoms with Gasteiger partial charge in [0.1, 0.15) is 5.75 Å². The number of hydroxylamine groups is 1. The zero-order chi connectivity index (χ0) is 9.84. The lowest BCUT2D eigenvalue weighted by atomic mass is 10.2. The van der Waals surface area contributed by atoms with Crippen molar-refractivity contribution in [2.24, 2.45) is 0 Å². The Morgan fingerprint density at radius 3 is 2.77 bits per heavy atom. The molecule has 0 aliphatic rings. The Balaban J connectivity index is 3.15. The molecule has 1 aromatic rings. The normalized spacial score (nSPS) is 10.1. The van der Waals surface area contributed by atoms with Crippen LogP contribution in [-0.2, 0) is 6.54 Å². The van der Waals surface area contributed by atoms with Gasteiger partial charge in [-0.25, -0.2) is 9.87 Å². The number of hydrogen-bond acceptors (Lipinski definition) is 4. The Labute approximate surface area is 74.5 Å². The zero-order valence-electron chi connectivity index (χ0n) is 7.04. The predicted molar refractivity (Wildman–Crippen MR) is 43.2 cm³/mol. The summed E-state index contributed by atoms with van der Waals surface area (Å²) in [6.45, 7) is -0.122. The van der Waals surface area contributed by atoms with Crippen LogP contribution in [-0.4, -0.2) is 17.4 Å². The molecule has 0 heterocycles. The molecule has 0 fully saturated rings. The van der Waals surface area contributed by atoms with Crippen LogP contribution in [0.25, 0.3) is 0 Å². The highest BCUT2D eigenvalue weighted by Crippen LogP contribution is 2.27. The Hall–Kier alpha value is -1.33. The van der Waals surface area contributed by atoms with E-state index in [1.54, 1.807) is 5.48 Å². The van der Waals surface area contributed by atoms with E-state index < -0.39 is 11.6 Å². The number of halogens is 1. The number of nitrogens with one attached hydrogen (secondary N) is 1. The van der Waals surface area contributed by atoms with E-state index in [2.05, 4.69) is 0 Å². The summed E-state index contributed by atoms with van der Waals surface area (Å²) in [5.41, 5.74) is 1.88. The lowest BCUT2D eigenvalue weighted by Gasteiger charge is -2.09. The second-order valence-electron chi connectivity index (χ2n) is 2.41. The molecular formula is C8H10FNO3. The molecule has 0 aliphatic heterocycles. The minimum absolute atomic E-state index is 0.0880. The van der Waals surface area contributed by atoms with Crippen molar-refractivity contribution in [2.75, 3.05) is 7.11 Å². The van der Waals surface area contributed by atoms with Gasteiger partial charge in [0.2, 0.25) is 0 Å². The summed E-state index contributed by atoms with van der Waals surface area (Å²) < 4.78 is 18.0. The maximum atomic E-state index is 13.2. The summed E-state index contributed by atoms with van der Waals surface area (Å²) in [7, 11) is 1.38. The molecule has 1 rings (SSSR count). The van der Waals surface area contributed by atoms with Crippen molar-refractivity contribution in [2.45, 2.75) is 6.54 Å². The highest BCUT2D eigenvalue weighted by molar-refractivity contribution is 5.41. The van der Waals surface area contributed by atoms with Gasteiger partial charge in [-0.3, -0.25) is 0 Å². The molecule has 0 bridgehead atoms.